The van der Waals surface area contributed by atoms with Crippen LogP contribution in [0.25, 0.3) is 0 Å². The van der Waals surface area contributed by atoms with E-state index >= 15 is 0 Å². The first-order chi connectivity index (χ1) is 15.5. The number of thioether (sulfide) groups is 1. The summed E-state index contributed by atoms with van der Waals surface area (Å²) in [7, 11) is 0. The predicted octanol–water partition coefficient (Wildman–Crippen LogP) is 5.86. The molecule has 0 aliphatic carbocycles. The fourth-order valence-electron chi connectivity index (χ4n) is 3.95. The van der Waals surface area contributed by atoms with E-state index in [1.54, 1.807) is 11.3 Å². The Balaban J connectivity index is 1.41. The lowest BCUT2D eigenvalue weighted by Crippen LogP contribution is -2.29. The second-order valence-corrected chi connectivity index (χ2v) is 11.1. The first-order valence-corrected chi connectivity index (χ1v) is 12.6. The van der Waals surface area contributed by atoms with Crippen molar-refractivity contribution in [1.82, 2.24) is 4.90 Å². The molecule has 0 spiro atoms. The lowest BCUT2D eigenvalue weighted by molar-refractivity contribution is -0.115. The van der Waals surface area contributed by atoms with Crippen molar-refractivity contribution < 1.29 is 4.79 Å². The van der Waals surface area contributed by atoms with Crippen LogP contribution in [0.4, 0.5) is 5.00 Å². The van der Waals surface area contributed by atoms with E-state index in [1.807, 2.05) is 30.0 Å². The average Bonchev–Trinajstić information content (AvgIpc) is 3.11. The summed E-state index contributed by atoms with van der Waals surface area (Å²) >= 11 is 3.36. The number of rotatable bonds is 7. The smallest absolute Gasteiger partial charge is 0.229 e. The molecule has 3 aromatic rings. The molecule has 2 aromatic carbocycles. The highest BCUT2D eigenvalue weighted by atomic mass is 32.2. The molecule has 0 radical (unpaired) electrons. The zero-order chi connectivity index (χ0) is 22.5. The number of hydrogen-bond donors (Lipinski definition) is 1. The van der Waals surface area contributed by atoms with Gasteiger partial charge in [0, 0.05) is 34.7 Å². The van der Waals surface area contributed by atoms with Gasteiger partial charge in [-0.15, -0.1) is 23.1 Å². The van der Waals surface area contributed by atoms with Crippen molar-refractivity contribution in [3.8, 4) is 6.07 Å². The molecule has 0 fully saturated rings. The van der Waals surface area contributed by atoms with Gasteiger partial charge in [-0.05, 0) is 35.2 Å². The summed E-state index contributed by atoms with van der Waals surface area (Å²) in [6.45, 7) is 6.96. The van der Waals surface area contributed by atoms with Gasteiger partial charge in [0.15, 0.2) is 0 Å². The number of anilines is 1. The van der Waals surface area contributed by atoms with Crippen molar-refractivity contribution in [3.63, 3.8) is 0 Å². The molecule has 164 valence electrons. The number of nitrogens with one attached hydrogen (secondary N) is 1. The Kier molecular flexibility index (Phi) is 7.31. The van der Waals surface area contributed by atoms with Crippen molar-refractivity contribution in [2.75, 3.05) is 11.9 Å². The molecule has 4 nitrogen and oxygen atoms in total. The van der Waals surface area contributed by atoms with Crippen LogP contribution >= 0.6 is 23.1 Å². The van der Waals surface area contributed by atoms with Gasteiger partial charge < -0.3 is 5.32 Å². The number of hydrogen-bond acceptors (Lipinski definition) is 5. The third-order valence-electron chi connectivity index (χ3n) is 5.41. The molecular formula is C26H27N3OS2. The van der Waals surface area contributed by atoms with E-state index in [0.29, 0.717) is 22.2 Å². The molecule has 4 rings (SSSR count). The lowest BCUT2D eigenvalue weighted by atomic mass is 10.0. The van der Waals surface area contributed by atoms with Crippen LogP contribution in [0.3, 0.4) is 0 Å². The third-order valence-corrected chi connectivity index (χ3v) is 7.56. The summed E-state index contributed by atoms with van der Waals surface area (Å²) < 4.78 is 0. The van der Waals surface area contributed by atoms with E-state index in [9.17, 15) is 10.1 Å². The monoisotopic (exact) mass is 461 g/mol. The number of nitriles is 1. The van der Waals surface area contributed by atoms with E-state index in [0.717, 1.165) is 37.2 Å². The summed E-state index contributed by atoms with van der Waals surface area (Å²) in [5.41, 5.74) is 4.01. The quantitative estimate of drug-likeness (QED) is 0.448. The second kappa shape index (κ2) is 10.4. The highest BCUT2D eigenvalue weighted by Gasteiger charge is 2.25. The molecule has 0 bridgehead atoms. The molecule has 0 saturated heterocycles. The van der Waals surface area contributed by atoms with E-state index in [4.69, 9.17) is 0 Å². The van der Waals surface area contributed by atoms with Crippen LogP contribution in [-0.4, -0.2) is 22.6 Å². The van der Waals surface area contributed by atoms with Crippen molar-refractivity contribution in [3.05, 3.63) is 81.7 Å². The number of fused-ring (bicyclic) bond motifs is 1. The molecule has 1 aliphatic heterocycles. The van der Waals surface area contributed by atoms with Gasteiger partial charge in [0.1, 0.15) is 11.1 Å². The Morgan fingerprint density at radius 2 is 1.91 bits per heavy atom. The maximum atomic E-state index is 12.7. The Morgan fingerprint density at radius 3 is 2.59 bits per heavy atom. The molecule has 0 unspecified atom stereocenters. The van der Waals surface area contributed by atoms with Crippen molar-refractivity contribution in [2.24, 2.45) is 0 Å². The Bertz CT molecular complexity index is 1110. The molecule has 32 heavy (non-hydrogen) atoms. The van der Waals surface area contributed by atoms with Gasteiger partial charge in [-0.3, -0.25) is 9.69 Å². The van der Waals surface area contributed by atoms with Crippen molar-refractivity contribution in [2.45, 2.75) is 49.9 Å². The number of thiophene rings is 1. The van der Waals surface area contributed by atoms with E-state index in [-0.39, 0.29) is 5.91 Å². The molecule has 1 aromatic heterocycles. The topological polar surface area (TPSA) is 56.1 Å². The number of carbonyl (C=O) groups excluding carboxylic acids is 1. The summed E-state index contributed by atoms with van der Waals surface area (Å²) in [5, 5.41) is 14.0. The van der Waals surface area contributed by atoms with Crippen LogP contribution in [-0.2, 0) is 30.7 Å². The molecule has 1 amide bonds. The number of carbonyl (C=O) groups is 1. The van der Waals surface area contributed by atoms with E-state index in [2.05, 4.69) is 66.5 Å². The fraction of sp³-hybridized carbons (Fsp3) is 0.308. The maximum Gasteiger partial charge on any atom is 0.229 e. The Morgan fingerprint density at radius 1 is 1.16 bits per heavy atom. The largest absolute Gasteiger partial charge is 0.316 e. The number of amides is 1. The van der Waals surface area contributed by atoms with Gasteiger partial charge in [0.05, 0.1) is 12.0 Å². The van der Waals surface area contributed by atoms with Gasteiger partial charge in [0.2, 0.25) is 5.91 Å². The van der Waals surface area contributed by atoms with Crippen LogP contribution in [0, 0.1) is 11.3 Å². The van der Waals surface area contributed by atoms with Gasteiger partial charge in [-0.25, -0.2) is 0 Å². The summed E-state index contributed by atoms with van der Waals surface area (Å²) in [4.78, 5) is 17.5. The van der Waals surface area contributed by atoms with E-state index in [1.165, 1.54) is 15.3 Å². The highest BCUT2D eigenvalue weighted by molar-refractivity contribution is 7.99. The van der Waals surface area contributed by atoms with Gasteiger partial charge in [0.25, 0.3) is 0 Å². The predicted molar refractivity (Wildman–Crippen MR) is 133 cm³/mol. The summed E-state index contributed by atoms with van der Waals surface area (Å²) in [6.07, 6.45) is 1.15. The Hall–Kier alpha value is -2.59. The normalized spacial score (nSPS) is 13.6. The van der Waals surface area contributed by atoms with Crippen LogP contribution in [0.2, 0.25) is 0 Å². The van der Waals surface area contributed by atoms with Gasteiger partial charge in [-0.2, -0.15) is 5.26 Å². The first kappa shape index (κ1) is 22.6. The zero-order valence-corrected chi connectivity index (χ0v) is 20.1. The van der Waals surface area contributed by atoms with Crippen LogP contribution in [0.5, 0.6) is 0 Å². The van der Waals surface area contributed by atoms with Crippen LogP contribution < -0.4 is 5.32 Å². The molecule has 6 heteroatoms. The molecule has 0 atom stereocenters. The average molecular weight is 462 g/mol. The van der Waals surface area contributed by atoms with E-state index < -0.39 is 0 Å². The minimum atomic E-state index is -0.0782. The van der Waals surface area contributed by atoms with Crippen molar-refractivity contribution >= 4 is 34.0 Å². The fourth-order valence-corrected chi connectivity index (χ4v) is 6.05. The maximum absolute atomic E-state index is 12.7. The lowest BCUT2D eigenvalue weighted by Gasteiger charge is -2.26. The molecule has 1 aliphatic rings. The van der Waals surface area contributed by atoms with Gasteiger partial charge >= 0.3 is 0 Å². The molecule has 1 N–H and O–H groups in total. The van der Waals surface area contributed by atoms with Gasteiger partial charge in [-0.1, -0.05) is 56.3 Å². The summed E-state index contributed by atoms with van der Waals surface area (Å²) in [5.74, 6) is -0.0782. The third kappa shape index (κ3) is 5.60. The summed E-state index contributed by atoms with van der Waals surface area (Å²) in [6, 6.07) is 20.9. The SMILES string of the molecule is CC(C)Sc1ccc(CC(=O)Nc2sc3c(c2C#N)CCN(Cc2ccccc2)C3)cc1. The first-order valence-electron chi connectivity index (χ1n) is 10.9. The minimum Gasteiger partial charge on any atom is -0.316 e. The van der Waals surface area contributed by atoms with Crippen LogP contribution in [0.1, 0.15) is 41.0 Å². The molecule has 2 heterocycles. The number of nitrogens with zero attached hydrogens (tertiary/aromatic N) is 2. The minimum absolute atomic E-state index is 0.0782. The Labute approximate surface area is 198 Å². The zero-order valence-electron chi connectivity index (χ0n) is 18.4. The number of benzene rings is 2. The highest BCUT2D eigenvalue weighted by Crippen LogP contribution is 2.37. The second-order valence-electron chi connectivity index (χ2n) is 8.30. The molecule has 0 saturated carbocycles. The van der Waals surface area contributed by atoms with Crippen molar-refractivity contribution in [1.29, 1.82) is 5.26 Å². The molecular weight excluding hydrogens is 434 g/mol. The van der Waals surface area contributed by atoms with Crippen LogP contribution in [0.15, 0.2) is 59.5 Å². The standard InChI is InChI=1S/C26H27N3OS2/c1-18(2)31-21-10-8-19(9-11-21)14-25(30)28-26-23(15-27)22-12-13-29(17-24(22)32-26)16-20-6-4-3-5-7-20/h3-11,18H,12-14,16-17H2,1-2H3,(H,28,30).